The van der Waals surface area contributed by atoms with E-state index in [1.165, 1.54) is 0 Å². The van der Waals surface area contributed by atoms with Crippen molar-refractivity contribution in [3.8, 4) is 10.8 Å². The van der Waals surface area contributed by atoms with E-state index in [4.69, 9.17) is 16.0 Å². The molecule has 0 unspecified atom stereocenters. The summed E-state index contributed by atoms with van der Waals surface area (Å²) in [6, 6.07) is 3.75. The summed E-state index contributed by atoms with van der Waals surface area (Å²) in [5.74, 6) is 1.33. The quantitative estimate of drug-likeness (QED) is 0.715. The van der Waals surface area contributed by atoms with Crippen LogP contribution in [-0.4, -0.2) is 4.98 Å². The van der Waals surface area contributed by atoms with Crippen molar-refractivity contribution in [3.63, 3.8) is 0 Å². The third-order valence-corrected chi connectivity index (χ3v) is 3.34. The fraction of sp³-hybridized carbons (Fsp3) is 0.222. The van der Waals surface area contributed by atoms with Crippen LogP contribution in [0.25, 0.3) is 10.8 Å². The summed E-state index contributed by atoms with van der Waals surface area (Å²) in [6.45, 7) is 1.96. The number of alkyl halides is 1. The Morgan fingerprint density at radius 2 is 2.46 bits per heavy atom. The first-order valence-corrected chi connectivity index (χ1v) is 5.22. The van der Waals surface area contributed by atoms with Gasteiger partial charge in [-0.15, -0.1) is 22.9 Å². The first kappa shape index (κ1) is 8.78. The van der Waals surface area contributed by atoms with E-state index in [1.54, 1.807) is 17.6 Å². The molecular weight excluding hydrogens is 206 g/mol. The predicted molar refractivity (Wildman–Crippen MR) is 54.1 cm³/mol. The maximum Gasteiger partial charge on any atom is 0.162 e. The summed E-state index contributed by atoms with van der Waals surface area (Å²) in [7, 11) is 0. The van der Waals surface area contributed by atoms with E-state index in [2.05, 4.69) is 4.98 Å². The lowest BCUT2D eigenvalue weighted by Crippen LogP contribution is -1.76. The molecule has 2 aromatic heterocycles. The molecule has 0 spiro atoms. The average molecular weight is 214 g/mol. The number of aryl methyl sites for hydroxylation is 1. The average Bonchev–Trinajstić information content (AvgIpc) is 2.71. The minimum absolute atomic E-state index is 0.518. The molecule has 0 aliphatic heterocycles. The van der Waals surface area contributed by atoms with Gasteiger partial charge in [0.25, 0.3) is 0 Å². The van der Waals surface area contributed by atoms with Gasteiger partial charge in [-0.3, -0.25) is 0 Å². The zero-order chi connectivity index (χ0) is 9.26. The standard InChI is InChI=1S/C9H8ClNOS/c1-6-8(5-10)13-9(11-6)7-3-2-4-12-7/h2-4H,5H2,1H3. The molecule has 0 aromatic carbocycles. The summed E-state index contributed by atoms with van der Waals surface area (Å²) < 4.78 is 5.24. The smallest absolute Gasteiger partial charge is 0.162 e. The van der Waals surface area contributed by atoms with Gasteiger partial charge >= 0.3 is 0 Å². The summed E-state index contributed by atoms with van der Waals surface area (Å²) in [4.78, 5) is 5.47. The maximum atomic E-state index is 5.75. The van der Waals surface area contributed by atoms with Crippen molar-refractivity contribution in [1.29, 1.82) is 0 Å². The normalized spacial score (nSPS) is 10.6. The Kier molecular flexibility index (Phi) is 2.38. The first-order chi connectivity index (χ1) is 6.31. The van der Waals surface area contributed by atoms with Gasteiger partial charge in [0, 0.05) is 4.88 Å². The van der Waals surface area contributed by atoms with Crippen molar-refractivity contribution in [3.05, 3.63) is 29.0 Å². The molecule has 0 aliphatic carbocycles. The van der Waals surface area contributed by atoms with Gasteiger partial charge in [0.05, 0.1) is 17.8 Å². The molecular formula is C9H8ClNOS. The fourth-order valence-electron chi connectivity index (χ4n) is 1.06. The second-order valence-electron chi connectivity index (χ2n) is 2.64. The van der Waals surface area contributed by atoms with Crippen LogP contribution in [0.5, 0.6) is 0 Å². The highest BCUT2D eigenvalue weighted by Crippen LogP contribution is 2.28. The number of thiazole rings is 1. The molecule has 0 aliphatic rings. The molecule has 4 heteroatoms. The highest BCUT2D eigenvalue weighted by molar-refractivity contribution is 7.15. The second kappa shape index (κ2) is 3.52. The van der Waals surface area contributed by atoms with Gasteiger partial charge in [0.15, 0.2) is 10.8 Å². The lowest BCUT2D eigenvalue weighted by Gasteiger charge is -1.84. The Morgan fingerprint density at radius 1 is 1.62 bits per heavy atom. The molecule has 2 rings (SSSR count). The van der Waals surface area contributed by atoms with E-state index in [1.807, 2.05) is 19.1 Å². The lowest BCUT2D eigenvalue weighted by atomic mass is 10.4. The summed E-state index contributed by atoms with van der Waals surface area (Å²) in [5.41, 5.74) is 0.992. The Balaban J connectivity index is 2.43. The van der Waals surface area contributed by atoms with Crippen LogP contribution in [0.2, 0.25) is 0 Å². The van der Waals surface area contributed by atoms with Gasteiger partial charge in [0.1, 0.15) is 0 Å². The molecule has 2 heterocycles. The Bertz CT molecular complexity index is 394. The molecule has 0 fully saturated rings. The van der Waals surface area contributed by atoms with Crippen molar-refractivity contribution in [2.45, 2.75) is 12.8 Å². The van der Waals surface area contributed by atoms with Crippen molar-refractivity contribution in [2.75, 3.05) is 0 Å². The summed E-state index contributed by atoms with van der Waals surface area (Å²) in [5, 5.41) is 0.901. The van der Waals surface area contributed by atoms with E-state index in [-0.39, 0.29) is 0 Å². The van der Waals surface area contributed by atoms with Crippen molar-refractivity contribution in [1.82, 2.24) is 4.98 Å². The van der Waals surface area contributed by atoms with Crippen LogP contribution in [-0.2, 0) is 5.88 Å². The molecule has 68 valence electrons. The van der Waals surface area contributed by atoms with Gasteiger partial charge in [0.2, 0.25) is 0 Å². The van der Waals surface area contributed by atoms with E-state index in [0.29, 0.717) is 5.88 Å². The first-order valence-electron chi connectivity index (χ1n) is 3.87. The largest absolute Gasteiger partial charge is 0.462 e. The van der Waals surface area contributed by atoms with Crippen LogP contribution >= 0.6 is 22.9 Å². The minimum Gasteiger partial charge on any atom is -0.462 e. The van der Waals surface area contributed by atoms with Crippen LogP contribution in [0.3, 0.4) is 0 Å². The van der Waals surface area contributed by atoms with Crippen LogP contribution in [0, 0.1) is 6.92 Å². The van der Waals surface area contributed by atoms with E-state index in [9.17, 15) is 0 Å². The highest BCUT2D eigenvalue weighted by Gasteiger charge is 2.09. The molecule has 0 radical (unpaired) electrons. The van der Waals surface area contributed by atoms with Crippen molar-refractivity contribution < 1.29 is 4.42 Å². The third kappa shape index (κ3) is 1.62. The number of hydrogen-bond acceptors (Lipinski definition) is 3. The minimum atomic E-state index is 0.518. The molecule has 0 amide bonds. The van der Waals surface area contributed by atoms with Crippen LogP contribution < -0.4 is 0 Å². The number of aromatic nitrogens is 1. The van der Waals surface area contributed by atoms with E-state index >= 15 is 0 Å². The zero-order valence-electron chi connectivity index (χ0n) is 7.08. The number of hydrogen-bond donors (Lipinski definition) is 0. The molecule has 0 atom stereocenters. The molecule has 0 saturated carbocycles. The molecule has 2 nitrogen and oxygen atoms in total. The Morgan fingerprint density at radius 3 is 3.00 bits per heavy atom. The summed E-state index contributed by atoms with van der Waals surface area (Å²) in [6.07, 6.45) is 1.65. The van der Waals surface area contributed by atoms with E-state index < -0.39 is 0 Å². The van der Waals surface area contributed by atoms with Crippen LogP contribution in [0.15, 0.2) is 22.8 Å². The van der Waals surface area contributed by atoms with Crippen molar-refractivity contribution in [2.24, 2.45) is 0 Å². The SMILES string of the molecule is Cc1nc(-c2ccco2)sc1CCl. The number of rotatable bonds is 2. The number of furan rings is 1. The molecule has 0 bridgehead atoms. The topological polar surface area (TPSA) is 26.0 Å². The molecule has 2 aromatic rings. The Hall–Kier alpha value is -0.800. The number of nitrogens with zero attached hydrogens (tertiary/aromatic N) is 1. The van der Waals surface area contributed by atoms with Crippen LogP contribution in [0.4, 0.5) is 0 Å². The lowest BCUT2D eigenvalue weighted by molar-refractivity contribution is 0.581. The monoisotopic (exact) mass is 213 g/mol. The Labute approximate surface area is 85.2 Å². The van der Waals surface area contributed by atoms with Gasteiger partial charge in [-0.1, -0.05) is 0 Å². The van der Waals surface area contributed by atoms with Crippen LogP contribution in [0.1, 0.15) is 10.6 Å². The second-order valence-corrected chi connectivity index (χ2v) is 3.99. The third-order valence-electron chi connectivity index (χ3n) is 1.75. The predicted octanol–water partition coefficient (Wildman–Crippen LogP) is 3.45. The molecule has 0 N–H and O–H groups in total. The number of halogens is 1. The maximum absolute atomic E-state index is 5.75. The molecule has 13 heavy (non-hydrogen) atoms. The zero-order valence-corrected chi connectivity index (χ0v) is 8.65. The van der Waals surface area contributed by atoms with Gasteiger partial charge in [-0.05, 0) is 19.1 Å². The van der Waals surface area contributed by atoms with E-state index in [0.717, 1.165) is 21.3 Å². The van der Waals surface area contributed by atoms with Gasteiger partial charge < -0.3 is 4.42 Å². The van der Waals surface area contributed by atoms with Gasteiger partial charge in [-0.2, -0.15) is 0 Å². The fourth-order valence-corrected chi connectivity index (χ4v) is 2.30. The summed E-state index contributed by atoms with van der Waals surface area (Å²) >= 11 is 7.33. The highest BCUT2D eigenvalue weighted by atomic mass is 35.5. The van der Waals surface area contributed by atoms with Gasteiger partial charge in [-0.25, -0.2) is 4.98 Å². The van der Waals surface area contributed by atoms with Crippen molar-refractivity contribution >= 4 is 22.9 Å². The molecule has 0 saturated heterocycles.